The van der Waals surface area contributed by atoms with Crippen molar-refractivity contribution in [2.24, 2.45) is 5.92 Å². The normalized spacial score (nSPS) is 15.4. The average Bonchev–Trinajstić information content (AvgIpc) is 2.95. The van der Waals surface area contributed by atoms with E-state index in [1.54, 1.807) is 6.07 Å². The van der Waals surface area contributed by atoms with E-state index in [2.05, 4.69) is 11.8 Å². The minimum absolute atomic E-state index is 0.0304. The molecule has 4 heteroatoms. The van der Waals surface area contributed by atoms with E-state index in [1.165, 1.54) is 18.9 Å². The lowest BCUT2D eigenvalue weighted by atomic mass is 10.3. The molecule has 0 amide bonds. The number of aromatic carboxylic acids is 1. The van der Waals surface area contributed by atoms with E-state index in [1.807, 2.05) is 0 Å². The van der Waals surface area contributed by atoms with Crippen molar-refractivity contribution < 1.29 is 14.3 Å². The van der Waals surface area contributed by atoms with E-state index >= 15 is 0 Å². The quantitative estimate of drug-likeness (QED) is 0.792. The Hall–Kier alpha value is -1.29. The summed E-state index contributed by atoms with van der Waals surface area (Å²) < 4.78 is 5.28. The fraction of sp³-hybridized carbons (Fsp3) is 0.615. The van der Waals surface area contributed by atoms with Crippen molar-refractivity contribution >= 4 is 5.97 Å². The second-order valence-electron chi connectivity index (χ2n) is 4.75. The zero-order valence-corrected chi connectivity index (χ0v) is 10.2. The number of hydrogen-bond acceptors (Lipinski definition) is 3. The summed E-state index contributed by atoms with van der Waals surface area (Å²) >= 11 is 0. The molecule has 0 radical (unpaired) electrons. The van der Waals surface area contributed by atoms with Crippen LogP contribution in [0.3, 0.4) is 0 Å². The van der Waals surface area contributed by atoms with Crippen LogP contribution in [0.15, 0.2) is 16.5 Å². The van der Waals surface area contributed by atoms with E-state index in [9.17, 15) is 4.79 Å². The molecule has 94 valence electrons. The molecule has 2 rings (SSSR count). The van der Waals surface area contributed by atoms with Gasteiger partial charge in [-0.2, -0.15) is 0 Å². The highest BCUT2D eigenvalue weighted by atomic mass is 16.4. The van der Waals surface area contributed by atoms with Gasteiger partial charge in [-0.05, 0) is 43.9 Å². The van der Waals surface area contributed by atoms with Crippen molar-refractivity contribution in [2.75, 3.05) is 13.1 Å². The molecular weight excluding hydrogens is 218 g/mol. The molecule has 1 heterocycles. The topological polar surface area (TPSA) is 53.7 Å². The number of carboxylic acid groups (broad SMARTS) is 1. The number of rotatable bonds is 7. The standard InChI is InChI=1S/C13H19NO3/c1-2-7-14(8-10-3-4-10)9-11-5-6-12(17-11)13(15)16/h5-6,10H,2-4,7-9H2,1H3,(H,15,16). The minimum Gasteiger partial charge on any atom is -0.475 e. The SMILES string of the molecule is CCCN(Cc1ccc(C(=O)O)o1)CC1CC1. The minimum atomic E-state index is -1.000. The Kier molecular flexibility index (Phi) is 3.84. The molecular formula is C13H19NO3. The summed E-state index contributed by atoms with van der Waals surface area (Å²) in [5, 5.41) is 8.78. The van der Waals surface area contributed by atoms with E-state index in [4.69, 9.17) is 9.52 Å². The fourth-order valence-electron chi connectivity index (χ4n) is 2.01. The molecule has 4 nitrogen and oxygen atoms in total. The lowest BCUT2D eigenvalue weighted by Gasteiger charge is -2.19. The van der Waals surface area contributed by atoms with Gasteiger partial charge >= 0.3 is 5.97 Å². The van der Waals surface area contributed by atoms with Gasteiger partial charge in [0.25, 0.3) is 0 Å². The number of hydrogen-bond donors (Lipinski definition) is 1. The molecule has 1 aliphatic rings. The van der Waals surface area contributed by atoms with Crippen molar-refractivity contribution in [3.63, 3.8) is 0 Å². The van der Waals surface area contributed by atoms with Gasteiger partial charge in [0, 0.05) is 6.54 Å². The maximum atomic E-state index is 10.7. The van der Waals surface area contributed by atoms with Crippen LogP contribution >= 0.6 is 0 Å². The molecule has 1 aromatic heterocycles. The first-order valence-electron chi connectivity index (χ1n) is 6.23. The zero-order valence-electron chi connectivity index (χ0n) is 10.2. The van der Waals surface area contributed by atoms with E-state index in [0.717, 1.165) is 37.7 Å². The molecule has 1 aliphatic carbocycles. The third kappa shape index (κ3) is 3.60. The smallest absolute Gasteiger partial charge is 0.371 e. The van der Waals surface area contributed by atoms with Crippen LogP contribution in [0, 0.1) is 5.92 Å². The molecule has 17 heavy (non-hydrogen) atoms. The van der Waals surface area contributed by atoms with Crippen molar-refractivity contribution in [3.8, 4) is 0 Å². The second-order valence-corrected chi connectivity index (χ2v) is 4.75. The van der Waals surface area contributed by atoms with Gasteiger partial charge in [-0.15, -0.1) is 0 Å². The molecule has 0 aromatic carbocycles. The van der Waals surface area contributed by atoms with Gasteiger partial charge in [0.15, 0.2) is 0 Å². The Bertz CT molecular complexity index is 382. The second kappa shape index (κ2) is 5.36. The highest BCUT2D eigenvalue weighted by Gasteiger charge is 2.24. The lowest BCUT2D eigenvalue weighted by Crippen LogP contribution is -2.26. The number of carboxylic acids is 1. The molecule has 1 N–H and O–H groups in total. The summed E-state index contributed by atoms with van der Waals surface area (Å²) in [6.45, 7) is 5.03. The molecule has 0 atom stereocenters. The van der Waals surface area contributed by atoms with E-state index < -0.39 is 5.97 Å². The first kappa shape index (κ1) is 12.2. The van der Waals surface area contributed by atoms with Gasteiger partial charge in [0.05, 0.1) is 6.54 Å². The third-order valence-corrected chi connectivity index (χ3v) is 3.01. The molecule has 0 unspecified atom stereocenters. The molecule has 0 bridgehead atoms. The van der Waals surface area contributed by atoms with E-state index in [-0.39, 0.29) is 5.76 Å². The summed E-state index contributed by atoms with van der Waals surface area (Å²) in [5.74, 6) is 0.621. The van der Waals surface area contributed by atoms with Gasteiger partial charge in [0.2, 0.25) is 5.76 Å². The number of nitrogens with zero attached hydrogens (tertiary/aromatic N) is 1. The first-order valence-corrected chi connectivity index (χ1v) is 6.23. The van der Waals surface area contributed by atoms with Crippen LogP contribution in [0.1, 0.15) is 42.5 Å². The summed E-state index contributed by atoms with van der Waals surface area (Å²) in [4.78, 5) is 13.1. The van der Waals surface area contributed by atoms with Crippen molar-refractivity contribution in [1.29, 1.82) is 0 Å². The Morgan fingerprint density at radius 1 is 1.53 bits per heavy atom. The highest BCUT2D eigenvalue weighted by Crippen LogP contribution is 2.30. The fourth-order valence-corrected chi connectivity index (χ4v) is 2.01. The molecule has 0 spiro atoms. The van der Waals surface area contributed by atoms with Gasteiger partial charge in [0.1, 0.15) is 5.76 Å². The van der Waals surface area contributed by atoms with Crippen LogP contribution < -0.4 is 0 Å². The van der Waals surface area contributed by atoms with Crippen molar-refractivity contribution in [3.05, 3.63) is 23.7 Å². The maximum Gasteiger partial charge on any atom is 0.371 e. The Morgan fingerprint density at radius 3 is 2.82 bits per heavy atom. The Labute approximate surface area is 101 Å². The van der Waals surface area contributed by atoms with Crippen LogP contribution in [0.4, 0.5) is 0 Å². The van der Waals surface area contributed by atoms with Crippen LogP contribution in [0.25, 0.3) is 0 Å². The Balaban J connectivity index is 1.92. The van der Waals surface area contributed by atoms with E-state index in [0.29, 0.717) is 0 Å². The predicted molar refractivity (Wildman–Crippen MR) is 64.0 cm³/mol. The van der Waals surface area contributed by atoms with Gasteiger partial charge in [-0.3, -0.25) is 4.90 Å². The number of carbonyl (C=O) groups is 1. The Morgan fingerprint density at radius 2 is 2.29 bits per heavy atom. The first-order chi connectivity index (χ1) is 8.19. The summed E-state index contributed by atoms with van der Waals surface area (Å²) in [5.41, 5.74) is 0. The largest absolute Gasteiger partial charge is 0.475 e. The molecule has 1 saturated carbocycles. The van der Waals surface area contributed by atoms with Gasteiger partial charge < -0.3 is 9.52 Å². The molecule has 0 saturated heterocycles. The third-order valence-electron chi connectivity index (χ3n) is 3.01. The summed E-state index contributed by atoms with van der Waals surface area (Å²) in [6, 6.07) is 3.29. The van der Waals surface area contributed by atoms with Crippen molar-refractivity contribution in [1.82, 2.24) is 4.90 Å². The van der Waals surface area contributed by atoms with Gasteiger partial charge in [-0.25, -0.2) is 4.79 Å². The summed E-state index contributed by atoms with van der Waals surface area (Å²) in [7, 11) is 0. The average molecular weight is 237 g/mol. The maximum absolute atomic E-state index is 10.7. The van der Waals surface area contributed by atoms with Crippen LogP contribution in [0.2, 0.25) is 0 Å². The van der Waals surface area contributed by atoms with Gasteiger partial charge in [-0.1, -0.05) is 6.92 Å². The van der Waals surface area contributed by atoms with Crippen molar-refractivity contribution in [2.45, 2.75) is 32.7 Å². The molecule has 1 aromatic rings. The zero-order chi connectivity index (χ0) is 12.3. The molecule has 0 aliphatic heterocycles. The summed E-state index contributed by atoms with van der Waals surface area (Å²) in [6.07, 6.45) is 3.77. The molecule has 1 fully saturated rings. The van der Waals surface area contributed by atoms with Crippen LogP contribution in [-0.4, -0.2) is 29.1 Å². The highest BCUT2D eigenvalue weighted by molar-refractivity contribution is 5.84. The predicted octanol–water partition coefficient (Wildman–Crippen LogP) is 2.60. The van der Waals surface area contributed by atoms with Crippen LogP contribution in [-0.2, 0) is 6.54 Å². The monoisotopic (exact) mass is 237 g/mol. The lowest BCUT2D eigenvalue weighted by molar-refractivity contribution is 0.0658. The number of furan rings is 1. The van der Waals surface area contributed by atoms with Crippen LogP contribution in [0.5, 0.6) is 0 Å².